The number of hydrogen-bond acceptors (Lipinski definition) is 8. The van der Waals surface area contributed by atoms with Crippen LogP contribution in [0.1, 0.15) is 12.8 Å². The molecule has 0 radical (unpaired) electrons. The molecule has 1 fully saturated rings. The lowest BCUT2D eigenvalue weighted by Gasteiger charge is -2.23. The number of thioether (sulfide) groups is 1. The number of rotatable bonds is 8. The highest BCUT2D eigenvalue weighted by Crippen LogP contribution is 2.34. The summed E-state index contributed by atoms with van der Waals surface area (Å²) in [6.45, 7) is 2.02. The van der Waals surface area contributed by atoms with E-state index in [0.29, 0.717) is 60.0 Å². The number of hydrogen-bond donors (Lipinski definition) is 1. The third kappa shape index (κ3) is 5.48. The molecule has 1 unspecified atom stereocenters. The quantitative estimate of drug-likeness (QED) is 0.241. The molecular formula is C28H27N5O5S2. The Labute approximate surface area is 237 Å². The molecule has 0 bridgehead atoms. The van der Waals surface area contributed by atoms with Crippen LogP contribution in [0.4, 0.5) is 5.69 Å². The Hall–Kier alpha value is -3.71. The monoisotopic (exact) mass is 577 g/mol. The summed E-state index contributed by atoms with van der Waals surface area (Å²) in [6.07, 6.45) is 1.73. The van der Waals surface area contributed by atoms with Gasteiger partial charge in [0.25, 0.3) is 0 Å². The van der Waals surface area contributed by atoms with Gasteiger partial charge in [-0.25, -0.2) is 0 Å². The van der Waals surface area contributed by atoms with Crippen LogP contribution in [0, 0.1) is 0 Å². The lowest BCUT2D eigenvalue weighted by Crippen LogP contribution is -2.33. The highest BCUT2D eigenvalue weighted by molar-refractivity contribution is 7.99. The molecule has 0 spiro atoms. The predicted molar refractivity (Wildman–Crippen MR) is 151 cm³/mol. The van der Waals surface area contributed by atoms with Crippen LogP contribution in [-0.4, -0.2) is 61.6 Å². The molecule has 40 heavy (non-hydrogen) atoms. The maximum atomic E-state index is 13.2. The van der Waals surface area contributed by atoms with Crippen molar-refractivity contribution in [3.05, 3.63) is 72.8 Å². The van der Waals surface area contributed by atoms with Gasteiger partial charge in [0, 0.05) is 42.2 Å². The Morgan fingerprint density at radius 3 is 2.52 bits per heavy atom. The number of benzene rings is 3. The van der Waals surface area contributed by atoms with Gasteiger partial charge < -0.3 is 19.3 Å². The van der Waals surface area contributed by atoms with E-state index in [2.05, 4.69) is 15.5 Å². The van der Waals surface area contributed by atoms with E-state index in [4.69, 9.17) is 9.47 Å². The second kappa shape index (κ2) is 11.4. The van der Waals surface area contributed by atoms with Crippen molar-refractivity contribution in [2.45, 2.75) is 22.9 Å². The number of nitrogens with one attached hydrogen (secondary N) is 1. The van der Waals surface area contributed by atoms with Crippen molar-refractivity contribution in [3.8, 4) is 28.6 Å². The van der Waals surface area contributed by atoms with E-state index in [1.165, 1.54) is 16.1 Å². The number of sulfonamides is 1. The molecule has 3 heterocycles. The molecule has 1 atom stereocenters. The van der Waals surface area contributed by atoms with E-state index in [9.17, 15) is 13.6 Å². The van der Waals surface area contributed by atoms with E-state index >= 15 is 0 Å². The van der Waals surface area contributed by atoms with E-state index < -0.39 is 10.4 Å². The van der Waals surface area contributed by atoms with Gasteiger partial charge in [-0.3, -0.25) is 9.36 Å². The molecule has 1 N–H and O–H groups in total. The number of fused-ring (bicyclic) bond motifs is 1. The molecule has 206 valence electrons. The molecule has 3 aromatic carbocycles. The first-order chi connectivity index (χ1) is 19.5. The van der Waals surface area contributed by atoms with Gasteiger partial charge in [-0.05, 0) is 43.2 Å². The first-order valence-corrected chi connectivity index (χ1v) is 15.4. The van der Waals surface area contributed by atoms with Crippen molar-refractivity contribution >= 4 is 33.8 Å². The van der Waals surface area contributed by atoms with Crippen molar-refractivity contribution < 1.29 is 23.0 Å². The van der Waals surface area contributed by atoms with Gasteiger partial charge in [0.05, 0.1) is 5.75 Å². The third-order valence-electron chi connectivity index (χ3n) is 6.60. The average Bonchev–Trinajstić information content (AvgIpc) is 3.68. The summed E-state index contributed by atoms with van der Waals surface area (Å²) in [5.41, 5.74) is 2.02. The van der Waals surface area contributed by atoms with Gasteiger partial charge in [0.2, 0.25) is 5.91 Å². The maximum Gasteiger partial charge on any atom is 0.234 e. The predicted octanol–water partition coefficient (Wildman–Crippen LogP) is 4.44. The van der Waals surface area contributed by atoms with Crippen LogP contribution in [0.3, 0.4) is 0 Å². The minimum Gasteiger partial charge on any atom is -0.593 e. The Bertz CT molecular complexity index is 1570. The van der Waals surface area contributed by atoms with Crippen molar-refractivity contribution in [1.29, 1.82) is 0 Å². The number of anilines is 1. The second-order valence-corrected chi connectivity index (χ2v) is 12.2. The molecule has 1 saturated heterocycles. The third-order valence-corrected chi connectivity index (χ3v) is 9.42. The summed E-state index contributed by atoms with van der Waals surface area (Å²) in [4.78, 5) is 13.1. The number of ether oxygens (including phenoxy) is 2. The molecule has 1 aromatic heterocycles. The van der Waals surface area contributed by atoms with Gasteiger partial charge in [-0.2, -0.15) is 0 Å². The standard InChI is InChI=1S/C28H27N5O5S2/c34-26(29-21-11-12-24-25(18-21)38-16-15-37-24)19-39-28-31-30-27(33(28)22-8-2-1-3-9-22)20-7-6-10-23(17-20)40(35,36)32-13-4-5-14-32/h1-3,6-12,17-18H,4-5,13-16,19H2,(H-,29,34,35,36). The number of aromatic nitrogens is 3. The summed E-state index contributed by atoms with van der Waals surface area (Å²) >= 11 is 1.24. The van der Waals surface area contributed by atoms with Crippen LogP contribution in [0.25, 0.3) is 17.1 Å². The molecular weight excluding hydrogens is 550 g/mol. The molecule has 10 nitrogen and oxygen atoms in total. The summed E-state index contributed by atoms with van der Waals surface area (Å²) in [6, 6.07) is 21.6. The Kier molecular flexibility index (Phi) is 7.57. The highest BCUT2D eigenvalue weighted by Gasteiger charge is 2.33. The van der Waals surface area contributed by atoms with Crippen LogP contribution in [-0.2, 0) is 19.4 Å². The van der Waals surface area contributed by atoms with Crippen LogP contribution < -0.4 is 14.8 Å². The molecule has 2 aliphatic heterocycles. The highest BCUT2D eigenvalue weighted by atomic mass is 32.3. The number of nitrogens with zero attached hydrogens (tertiary/aromatic N) is 4. The lowest BCUT2D eigenvalue weighted by molar-refractivity contribution is -0.113. The Morgan fingerprint density at radius 1 is 0.950 bits per heavy atom. The average molecular weight is 578 g/mol. The van der Waals surface area contributed by atoms with Crippen LogP contribution in [0.5, 0.6) is 11.5 Å². The molecule has 4 aromatic rings. The smallest absolute Gasteiger partial charge is 0.234 e. The molecule has 6 rings (SSSR count). The number of carbonyl (C=O) groups is 1. The molecule has 12 heteroatoms. The van der Waals surface area contributed by atoms with Crippen LogP contribution in [0.2, 0.25) is 0 Å². The summed E-state index contributed by atoms with van der Waals surface area (Å²) < 4.78 is 40.9. The summed E-state index contributed by atoms with van der Waals surface area (Å²) in [5, 5.41) is 12.2. The van der Waals surface area contributed by atoms with Gasteiger partial charge in [0.15, 0.2) is 37.8 Å². The molecule has 0 saturated carbocycles. The van der Waals surface area contributed by atoms with Gasteiger partial charge in [-0.15, -0.1) is 14.5 Å². The lowest BCUT2D eigenvalue weighted by atomic mass is 10.2. The van der Waals surface area contributed by atoms with Gasteiger partial charge in [-0.1, -0.05) is 46.3 Å². The SMILES string of the molecule is O=C(CSc1nnc(-c2cccc([S+](=O)([O-])N3CCCC3)c2)n1-c1ccccc1)Nc1ccc2c(c1)OCCO2. The Balaban J connectivity index is 1.25. The van der Waals surface area contributed by atoms with Crippen LogP contribution in [0.15, 0.2) is 82.8 Å². The Morgan fingerprint density at radius 2 is 1.73 bits per heavy atom. The van der Waals surface area contributed by atoms with E-state index in [0.717, 1.165) is 18.5 Å². The number of amides is 1. The fraction of sp³-hybridized carbons (Fsp3) is 0.250. The van der Waals surface area contributed by atoms with E-state index in [1.54, 1.807) is 36.4 Å². The van der Waals surface area contributed by atoms with E-state index in [-0.39, 0.29) is 16.6 Å². The fourth-order valence-electron chi connectivity index (χ4n) is 4.68. The largest absolute Gasteiger partial charge is 0.593 e. The van der Waals surface area contributed by atoms with Crippen LogP contribution >= 0.6 is 11.8 Å². The van der Waals surface area contributed by atoms with Crippen molar-refractivity contribution in [2.75, 3.05) is 37.4 Å². The minimum atomic E-state index is -3.60. The topological polar surface area (TPSA) is 122 Å². The first-order valence-electron chi connectivity index (χ1n) is 12.9. The minimum absolute atomic E-state index is 0.0861. The molecule has 0 aliphatic carbocycles. The number of para-hydroxylation sites is 1. The fourth-order valence-corrected chi connectivity index (χ4v) is 7.00. The maximum absolute atomic E-state index is 13.2. The zero-order chi connectivity index (χ0) is 27.5. The molecule has 1 amide bonds. The summed E-state index contributed by atoms with van der Waals surface area (Å²) in [5.74, 6) is 1.60. The number of carbonyl (C=O) groups excluding carboxylic acids is 1. The zero-order valence-electron chi connectivity index (χ0n) is 21.5. The zero-order valence-corrected chi connectivity index (χ0v) is 23.2. The van der Waals surface area contributed by atoms with Crippen molar-refractivity contribution in [2.24, 2.45) is 0 Å². The second-order valence-electron chi connectivity index (χ2n) is 9.31. The normalized spacial score (nSPS) is 16.4. The van der Waals surface area contributed by atoms with Gasteiger partial charge >= 0.3 is 0 Å². The van der Waals surface area contributed by atoms with E-state index in [1.807, 2.05) is 41.0 Å². The van der Waals surface area contributed by atoms with Gasteiger partial charge in [0.1, 0.15) is 13.2 Å². The van der Waals surface area contributed by atoms with Crippen molar-refractivity contribution in [1.82, 2.24) is 19.1 Å². The summed E-state index contributed by atoms with van der Waals surface area (Å²) in [7, 11) is -3.60. The molecule has 2 aliphatic rings. The first kappa shape index (κ1) is 26.5. The van der Waals surface area contributed by atoms with Crippen molar-refractivity contribution in [3.63, 3.8) is 0 Å².